The lowest BCUT2D eigenvalue weighted by atomic mass is 10.0. The highest BCUT2D eigenvalue weighted by atomic mass is 16.2. The number of carbonyl (C=O) groups excluding carboxylic acids is 1. The van der Waals surface area contributed by atoms with Gasteiger partial charge in [-0.05, 0) is 24.8 Å². The lowest BCUT2D eigenvalue weighted by molar-refractivity contribution is -0.127. The summed E-state index contributed by atoms with van der Waals surface area (Å²) in [6, 6.07) is 10.9. The first kappa shape index (κ1) is 14.1. The number of hydrogen-bond donors (Lipinski definition) is 1. The van der Waals surface area contributed by atoms with Gasteiger partial charge < -0.3 is 10.2 Å². The van der Waals surface area contributed by atoms with Gasteiger partial charge in [-0.15, -0.1) is 0 Å². The van der Waals surface area contributed by atoms with Gasteiger partial charge in [-0.25, -0.2) is 0 Å². The van der Waals surface area contributed by atoms with Crippen molar-refractivity contribution in [3.63, 3.8) is 0 Å². The Balaban J connectivity index is 1.74. The molecule has 2 rings (SSSR count). The van der Waals surface area contributed by atoms with Crippen molar-refractivity contribution < 1.29 is 4.79 Å². The van der Waals surface area contributed by atoms with Gasteiger partial charge in [-0.1, -0.05) is 37.3 Å². The molecule has 0 spiro atoms. The zero-order chi connectivity index (χ0) is 13.7. The van der Waals surface area contributed by atoms with Crippen molar-refractivity contribution in [1.82, 2.24) is 10.2 Å². The number of amides is 1. The SMILES string of the molecule is CC(CN1CCCC1=O)NCC(C)c1ccccc1. The van der Waals surface area contributed by atoms with Crippen molar-refractivity contribution in [2.75, 3.05) is 19.6 Å². The van der Waals surface area contributed by atoms with E-state index in [4.69, 9.17) is 0 Å². The van der Waals surface area contributed by atoms with Gasteiger partial charge in [0, 0.05) is 32.1 Å². The molecule has 3 heteroatoms. The zero-order valence-electron chi connectivity index (χ0n) is 11.9. The Kier molecular flexibility index (Phi) is 4.97. The molecular weight excluding hydrogens is 236 g/mol. The van der Waals surface area contributed by atoms with Crippen LogP contribution in [0.1, 0.15) is 38.2 Å². The molecule has 1 fully saturated rings. The molecule has 1 saturated heterocycles. The minimum absolute atomic E-state index is 0.310. The summed E-state index contributed by atoms with van der Waals surface area (Å²) in [4.78, 5) is 13.5. The third-order valence-electron chi connectivity index (χ3n) is 3.81. The van der Waals surface area contributed by atoms with Crippen LogP contribution in [0.15, 0.2) is 30.3 Å². The maximum absolute atomic E-state index is 11.6. The molecule has 2 atom stereocenters. The van der Waals surface area contributed by atoms with Crippen LogP contribution < -0.4 is 5.32 Å². The Morgan fingerprint density at radius 2 is 2.00 bits per heavy atom. The number of nitrogens with one attached hydrogen (secondary N) is 1. The molecule has 0 aromatic heterocycles. The predicted molar refractivity (Wildman–Crippen MR) is 78.1 cm³/mol. The summed E-state index contributed by atoms with van der Waals surface area (Å²) in [7, 11) is 0. The number of likely N-dealkylation sites (tertiary alicyclic amines) is 1. The van der Waals surface area contributed by atoms with Gasteiger partial charge in [0.2, 0.25) is 5.91 Å². The van der Waals surface area contributed by atoms with Crippen LogP contribution in [0.4, 0.5) is 0 Å². The lowest BCUT2D eigenvalue weighted by Crippen LogP contribution is -2.40. The summed E-state index contributed by atoms with van der Waals surface area (Å²) in [5.74, 6) is 0.808. The highest BCUT2D eigenvalue weighted by Gasteiger charge is 2.21. The van der Waals surface area contributed by atoms with Crippen molar-refractivity contribution in [3.05, 3.63) is 35.9 Å². The lowest BCUT2D eigenvalue weighted by Gasteiger charge is -2.23. The van der Waals surface area contributed by atoms with E-state index < -0.39 is 0 Å². The number of rotatable bonds is 6. The van der Waals surface area contributed by atoms with E-state index in [1.54, 1.807) is 0 Å². The van der Waals surface area contributed by atoms with E-state index in [-0.39, 0.29) is 0 Å². The largest absolute Gasteiger partial charge is 0.341 e. The third kappa shape index (κ3) is 4.06. The number of nitrogens with zero attached hydrogens (tertiary/aromatic N) is 1. The van der Waals surface area contributed by atoms with Gasteiger partial charge >= 0.3 is 0 Å². The van der Waals surface area contributed by atoms with Gasteiger partial charge in [0.1, 0.15) is 0 Å². The topological polar surface area (TPSA) is 32.3 Å². The van der Waals surface area contributed by atoms with E-state index >= 15 is 0 Å². The van der Waals surface area contributed by atoms with Crippen LogP contribution in [0.2, 0.25) is 0 Å². The van der Waals surface area contributed by atoms with Crippen molar-refractivity contribution in [1.29, 1.82) is 0 Å². The zero-order valence-corrected chi connectivity index (χ0v) is 11.9. The van der Waals surface area contributed by atoms with Gasteiger partial charge in [-0.2, -0.15) is 0 Å². The van der Waals surface area contributed by atoms with Gasteiger partial charge in [-0.3, -0.25) is 4.79 Å². The van der Waals surface area contributed by atoms with Crippen LogP contribution in [0.3, 0.4) is 0 Å². The highest BCUT2D eigenvalue weighted by Crippen LogP contribution is 2.14. The molecule has 2 unspecified atom stereocenters. The molecule has 19 heavy (non-hydrogen) atoms. The second kappa shape index (κ2) is 6.71. The first-order chi connectivity index (χ1) is 9.16. The number of benzene rings is 1. The van der Waals surface area contributed by atoms with Crippen molar-refractivity contribution in [2.45, 2.75) is 38.6 Å². The van der Waals surface area contributed by atoms with Crippen LogP contribution in [-0.4, -0.2) is 36.5 Å². The van der Waals surface area contributed by atoms with E-state index in [0.717, 1.165) is 32.5 Å². The summed E-state index contributed by atoms with van der Waals surface area (Å²) < 4.78 is 0. The smallest absolute Gasteiger partial charge is 0.222 e. The third-order valence-corrected chi connectivity index (χ3v) is 3.81. The summed E-state index contributed by atoms with van der Waals surface area (Å²) in [5, 5.41) is 3.53. The first-order valence-electron chi connectivity index (χ1n) is 7.23. The monoisotopic (exact) mass is 260 g/mol. The fraction of sp³-hybridized carbons (Fsp3) is 0.562. The molecule has 1 aliphatic rings. The molecule has 1 heterocycles. The summed E-state index contributed by atoms with van der Waals surface area (Å²) in [6.45, 7) is 7.10. The van der Waals surface area contributed by atoms with Crippen LogP contribution >= 0.6 is 0 Å². The highest BCUT2D eigenvalue weighted by molar-refractivity contribution is 5.78. The second-order valence-corrected chi connectivity index (χ2v) is 5.56. The van der Waals surface area contributed by atoms with Gasteiger partial charge in [0.05, 0.1) is 0 Å². The van der Waals surface area contributed by atoms with Crippen LogP contribution in [-0.2, 0) is 4.79 Å². The Morgan fingerprint density at radius 1 is 1.26 bits per heavy atom. The van der Waals surface area contributed by atoms with Crippen molar-refractivity contribution in [2.24, 2.45) is 0 Å². The quantitative estimate of drug-likeness (QED) is 0.852. The van der Waals surface area contributed by atoms with Gasteiger partial charge in [0.25, 0.3) is 0 Å². The van der Waals surface area contributed by atoms with Crippen LogP contribution in [0.5, 0.6) is 0 Å². The van der Waals surface area contributed by atoms with E-state index in [9.17, 15) is 4.79 Å². The Morgan fingerprint density at radius 3 is 2.63 bits per heavy atom. The van der Waals surface area contributed by atoms with Crippen molar-refractivity contribution >= 4 is 5.91 Å². The standard InChI is InChI=1S/C16H24N2O/c1-13(15-7-4-3-5-8-15)11-17-14(2)12-18-10-6-9-16(18)19/h3-5,7-8,13-14,17H,6,9-12H2,1-2H3. The fourth-order valence-corrected chi connectivity index (χ4v) is 2.57. The maximum atomic E-state index is 11.6. The van der Waals surface area contributed by atoms with E-state index in [0.29, 0.717) is 17.9 Å². The number of hydrogen-bond acceptors (Lipinski definition) is 2. The molecule has 0 saturated carbocycles. The average Bonchev–Trinajstić information content (AvgIpc) is 2.82. The molecule has 0 bridgehead atoms. The van der Waals surface area contributed by atoms with E-state index in [2.05, 4.69) is 43.4 Å². The first-order valence-corrected chi connectivity index (χ1v) is 7.23. The fourth-order valence-electron chi connectivity index (χ4n) is 2.57. The normalized spacial score (nSPS) is 18.6. The molecule has 1 amide bonds. The molecule has 1 N–H and O–H groups in total. The molecule has 1 aromatic carbocycles. The van der Waals surface area contributed by atoms with Crippen LogP contribution in [0.25, 0.3) is 0 Å². The van der Waals surface area contributed by atoms with E-state index in [1.165, 1.54) is 5.56 Å². The van der Waals surface area contributed by atoms with E-state index in [1.807, 2.05) is 11.0 Å². The Labute approximate surface area is 116 Å². The average molecular weight is 260 g/mol. The summed E-state index contributed by atoms with van der Waals surface area (Å²) in [5.41, 5.74) is 1.36. The molecule has 0 aliphatic carbocycles. The molecule has 1 aromatic rings. The molecular formula is C16H24N2O. The predicted octanol–water partition coefficient (Wildman–Crippen LogP) is 2.39. The minimum Gasteiger partial charge on any atom is -0.341 e. The summed E-state index contributed by atoms with van der Waals surface area (Å²) >= 11 is 0. The van der Waals surface area contributed by atoms with Gasteiger partial charge in [0.15, 0.2) is 0 Å². The maximum Gasteiger partial charge on any atom is 0.222 e. The van der Waals surface area contributed by atoms with Crippen molar-refractivity contribution in [3.8, 4) is 0 Å². The molecule has 104 valence electrons. The second-order valence-electron chi connectivity index (χ2n) is 5.56. The number of carbonyl (C=O) groups is 1. The molecule has 1 aliphatic heterocycles. The molecule has 0 radical (unpaired) electrons. The Bertz CT molecular complexity index is 404. The Hall–Kier alpha value is -1.35. The minimum atomic E-state index is 0.310. The molecule has 3 nitrogen and oxygen atoms in total. The summed E-state index contributed by atoms with van der Waals surface area (Å²) in [6.07, 6.45) is 1.75. The van der Waals surface area contributed by atoms with Crippen LogP contribution in [0, 0.1) is 0 Å².